The number of nitrogens with zero attached hydrogens (tertiary/aromatic N) is 3. The SMILES string of the molecule is CCn1c(COc2ccccc2)nnc1SCC(=O)Nc1ccc(F)c(F)c1. The highest BCUT2D eigenvalue weighted by molar-refractivity contribution is 7.99. The van der Waals surface area contributed by atoms with Crippen LogP contribution < -0.4 is 10.1 Å². The first-order chi connectivity index (χ1) is 13.6. The second-order valence-electron chi connectivity index (χ2n) is 5.71. The maximum Gasteiger partial charge on any atom is 0.234 e. The number of carbonyl (C=O) groups is 1. The number of hydrogen-bond acceptors (Lipinski definition) is 5. The molecule has 1 amide bonds. The second kappa shape index (κ2) is 9.32. The van der Waals surface area contributed by atoms with Gasteiger partial charge in [0, 0.05) is 18.3 Å². The smallest absolute Gasteiger partial charge is 0.234 e. The fraction of sp³-hybridized carbons (Fsp3) is 0.211. The summed E-state index contributed by atoms with van der Waals surface area (Å²) >= 11 is 1.20. The van der Waals surface area contributed by atoms with Crippen LogP contribution in [0.4, 0.5) is 14.5 Å². The van der Waals surface area contributed by atoms with Gasteiger partial charge in [-0.05, 0) is 31.2 Å². The molecule has 0 aliphatic heterocycles. The summed E-state index contributed by atoms with van der Waals surface area (Å²) in [7, 11) is 0. The maximum absolute atomic E-state index is 13.2. The van der Waals surface area contributed by atoms with Crippen LogP contribution in [0.3, 0.4) is 0 Å². The lowest BCUT2D eigenvalue weighted by Crippen LogP contribution is -2.15. The van der Waals surface area contributed by atoms with E-state index in [2.05, 4.69) is 15.5 Å². The molecular weight excluding hydrogens is 386 g/mol. The molecule has 1 aromatic heterocycles. The molecule has 0 atom stereocenters. The predicted molar refractivity (Wildman–Crippen MR) is 102 cm³/mol. The summed E-state index contributed by atoms with van der Waals surface area (Å²) in [6.45, 7) is 2.82. The Bertz CT molecular complexity index is 950. The van der Waals surface area contributed by atoms with Gasteiger partial charge in [0.05, 0.1) is 5.75 Å². The van der Waals surface area contributed by atoms with Crippen molar-refractivity contribution < 1.29 is 18.3 Å². The van der Waals surface area contributed by atoms with Gasteiger partial charge in [-0.2, -0.15) is 0 Å². The fourth-order valence-corrected chi connectivity index (χ4v) is 3.24. The van der Waals surface area contributed by atoms with Gasteiger partial charge in [0.25, 0.3) is 0 Å². The minimum atomic E-state index is -1.01. The molecule has 0 saturated carbocycles. The molecule has 0 saturated heterocycles. The number of ether oxygens (including phenoxy) is 1. The van der Waals surface area contributed by atoms with Gasteiger partial charge in [-0.25, -0.2) is 8.78 Å². The summed E-state index contributed by atoms with van der Waals surface area (Å²) in [5, 5.41) is 11.3. The molecule has 146 valence electrons. The van der Waals surface area contributed by atoms with Crippen LogP contribution in [0.2, 0.25) is 0 Å². The number of benzene rings is 2. The zero-order chi connectivity index (χ0) is 19.9. The van der Waals surface area contributed by atoms with E-state index in [1.807, 2.05) is 41.8 Å². The second-order valence-corrected chi connectivity index (χ2v) is 6.65. The lowest BCUT2D eigenvalue weighted by Gasteiger charge is -2.09. The van der Waals surface area contributed by atoms with Crippen LogP contribution >= 0.6 is 11.8 Å². The van der Waals surface area contributed by atoms with Crippen molar-refractivity contribution in [3.63, 3.8) is 0 Å². The van der Waals surface area contributed by atoms with Crippen molar-refractivity contribution in [2.75, 3.05) is 11.1 Å². The van der Waals surface area contributed by atoms with E-state index in [-0.39, 0.29) is 24.0 Å². The summed E-state index contributed by atoms with van der Waals surface area (Å²) < 4.78 is 33.7. The maximum atomic E-state index is 13.2. The van der Waals surface area contributed by atoms with Gasteiger partial charge >= 0.3 is 0 Å². The van der Waals surface area contributed by atoms with Gasteiger partial charge in [-0.3, -0.25) is 4.79 Å². The molecule has 28 heavy (non-hydrogen) atoms. The van der Waals surface area contributed by atoms with Crippen LogP contribution in [0.25, 0.3) is 0 Å². The fourth-order valence-electron chi connectivity index (χ4n) is 2.42. The van der Waals surface area contributed by atoms with E-state index in [4.69, 9.17) is 4.74 Å². The summed E-state index contributed by atoms with van der Waals surface area (Å²) in [5.41, 5.74) is 0.193. The summed E-state index contributed by atoms with van der Waals surface area (Å²) in [6.07, 6.45) is 0. The molecule has 3 rings (SSSR count). The van der Waals surface area contributed by atoms with E-state index in [1.54, 1.807) is 0 Å². The van der Waals surface area contributed by atoms with Crippen LogP contribution in [0.5, 0.6) is 5.75 Å². The third-order valence-electron chi connectivity index (χ3n) is 3.76. The lowest BCUT2D eigenvalue weighted by molar-refractivity contribution is -0.113. The molecule has 9 heteroatoms. The average molecular weight is 404 g/mol. The van der Waals surface area contributed by atoms with Gasteiger partial charge in [-0.15, -0.1) is 10.2 Å². The number of aromatic nitrogens is 3. The summed E-state index contributed by atoms with van der Waals surface area (Å²) in [6, 6.07) is 12.6. The molecule has 0 aliphatic carbocycles. The van der Waals surface area contributed by atoms with Gasteiger partial charge < -0.3 is 14.6 Å². The molecule has 0 fully saturated rings. The number of thioether (sulfide) groups is 1. The van der Waals surface area contributed by atoms with E-state index < -0.39 is 11.6 Å². The number of amides is 1. The Morgan fingerprint density at radius 3 is 2.64 bits per heavy atom. The van der Waals surface area contributed by atoms with E-state index in [1.165, 1.54) is 17.8 Å². The largest absolute Gasteiger partial charge is 0.486 e. The molecule has 0 unspecified atom stereocenters. The molecule has 0 aliphatic rings. The van der Waals surface area contributed by atoms with Crippen molar-refractivity contribution in [2.24, 2.45) is 0 Å². The first kappa shape index (κ1) is 19.8. The van der Waals surface area contributed by atoms with E-state index in [9.17, 15) is 13.6 Å². The monoisotopic (exact) mass is 404 g/mol. The van der Waals surface area contributed by atoms with Crippen LogP contribution in [-0.2, 0) is 17.9 Å². The average Bonchev–Trinajstić information content (AvgIpc) is 3.10. The van der Waals surface area contributed by atoms with Crippen LogP contribution in [0, 0.1) is 11.6 Å². The molecule has 2 aromatic carbocycles. The number of rotatable bonds is 8. The van der Waals surface area contributed by atoms with Gasteiger partial charge in [-0.1, -0.05) is 30.0 Å². The summed E-state index contributed by atoms with van der Waals surface area (Å²) in [5.74, 6) is -0.906. The Morgan fingerprint density at radius 1 is 1.14 bits per heavy atom. The van der Waals surface area contributed by atoms with Crippen LogP contribution in [-0.4, -0.2) is 26.4 Å². The van der Waals surface area contributed by atoms with Crippen molar-refractivity contribution in [3.05, 3.63) is 66.0 Å². The van der Waals surface area contributed by atoms with Crippen molar-refractivity contribution in [1.82, 2.24) is 14.8 Å². The number of para-hydroxylation sites is 1. The van der Waals surface area contributed by atoms with Crippen molar-refractivity contribution >= 4 is 23.4 Å². The Balaban J connectivity index is 1.57. The Hall–Kier alpha value is -2.94. The molecule has 1 heterocycles. The zero-order valence-corrected chi connectivity index (χ0v) is 15.9. The number of halogens is 2. The molecule has 0 radical (unpaired) electrons. The Kier molecular flexibility index (Phi) is 6.59. The van der Waals surface area contributed by atoms with E-state index >= 15 is 0 Å². The Morgan fingerprint density at radius 2 is 1.93 bits per heavy atom. The van der Waals surface area contributed by atoms with Crippen molar-refractivity contribution in [1.29, 1.82) is 0 Å². The van der Waals surface area contributed by atoms with Gasteiger partial charge in [0.1, 0.15) is 12.4 Å². The standard InChI is InChI=1S/C19H18F2N4O2S/c1-2-25-17(11-27-14-6-4-3-5-7-14)23-24-19(25)28-12-18(26)22-13-8-9-15(20)16(21)10-13/h3-10H,2,11-12H2,1H3,(H,22,26). The number of hydrogen-bond donors (Lipinski definition) is 1. The number of carbonyl (C=O) groups excluding carboxylic acids is 1. The minimum absolute atomic E-state index is 0.0523. The normalized spacial score (nSPS) is 10.7. The third-order valence-corrected chi connectivity index (χ3v) is 4.72. The first-order valence-electron chi connectivity index (χ1n) is 8.54. The third kappa shape index (κ3) is 5.07. The lowest BCUT2D eigenvalue weighted by atomic mass is 10.3. The quantitative estimate of drug-likeness (QED) is 0.577. The zero-order valence-electron chi connectivity index (χ0n) is 15.1. The molecule has 3 aromatic rings. The van der Waals surface area contributed by atoms with Crippen molar-refractivity contribution in [2.45, 2.75) is 25.2 Å². The molecule has 6 nitrogen and oxygen atoms in total. The van der Waals surface area contributed by atoms with Crippen LogP contribution in [0.15, 0.2) is 53.7 Å². The molecule has 0 spiro atoms. The van der Waals surface area contributed by atoms with Crippen LogP contribution in [0.1, 0.15) is 12.7 Å². The topological polar surface area (TPSA) is 69.0 Å². The summed E-state index contributed by atoms with van der Waals surface area (Å²) in [4.78, 5) is 12.1. The van der Waals surface area contributed by atoms with Crippen molar-refractivity contribution in [3.8, 4) is 5.75 Å². The molecular formula is C19H18F2N4O2S. The number of nitrogens with one attached hydrogen (secondary N) is 1. The van der Waals surface area contributed by atoms with E-state index in [0.717, 1.165) is 17.9 Å². The highest BCUT2D eigenvalue weighted by Crippen LogP contribution is 2.19. The Labute approximate surface area is 164 Å². The molecule has 1 N–H and O–H groups in total. The highest BCUT2D eigenvalue weighted by Gasteiger charge is 2.14. The molecule has 0 bridgehead atoms. The predicted octanol–water partition coefficient (Wildman–Crippen LogP) is 3.89. The van der Waals surface area contributed by atoms with Gasteiger partial charge in [0.2, 0.25) is 5.91 Å². The number of anilines is 1. The minimum Gasteiger partial charge on any atom is -0.486 e. The van der Waals surface area contributed by atoms with E-state index in [0.29, 0.717) is 17.5 Å². The first-order valence-corrected chi connectivity index (χ1v) is 9.53. The van der Waals surface area contributed by atoms with Gasteiger partial charge in [0.15, 0.2) is 22.6 Å². The highest BCUT2D eigenvalue weighted by atomic mass is 32.2.